The maximum absolute atomic E-state index is 12.2. The van der Waals surface area contributed by atoms with Crippen LogP contribution in [-0.4, -0.2) is 22.8 Å². The van der Waals surface area contributed by atoms with E-state index >= 15 is 0 Å². The van der Waals surface area contributed by atoms with Gasteiger partial charge in [0.05, 0.1) is 23.4 Å². The highest BCUT2D eigenvalue weighted by Gasteiger charge is 2.19. The molecule has 0 atom stereocenters. The van der Waals surface area contributed by atoms with Gasteiger partial charge >= 0.3 is 5.97 Å². The SMILES string of the molecule is CCCCC(=O)c1cc(C(=O)OCC)c2ccccn12. The summed E-state index contributed by atoms with van der Waals surface area (Å²) in [7, 11) is 0. The first-order chi connectivity index (χ1) is 9.69. The highest BCUT2D eigenvalue weighted by Crippen LogP contribution is 2.20. The molecule has 0 N–H and O–H groups in total. The van der Waals surface area contributed by atoms with Crippen molar-refractivity contribution in [1.82, 2.24) is 4.40 Å². The molecule has 4 heteroatoms. The van der Waals surface area contributed by atoms with Crippen molar-refractivity contribution >= 4 is 17.3 Å². The van der Waals surface area contributed by atoms with Crippen molar-refractivity contribution in [2.75, 3.05) is 6.61 Å². The van der Waals surface area contributed by atoms with Crippen LogP contribution in [0.15, 0.2) is 30.5 Å². The second kappa shape index (κ2) is 6.37. The summed E-state index contributed by atoms with van der Waals surface area (Å²) >= 11 is 0. The third-order valence-corrected chi connectivity index (χ3v) is 3.21. The minimum absolute atomic E-state index is 0.0589. The van der Waals surface area contributed by atoms with E-state index in [1.807, 2.05) is 25.1 Å². The summed E-state index contributed by atoms with van der Waals surface area (Å²) in [6, 6.07) is 7.16. The third kappa shape index (κ3) is 2.74. The molecule has 0 aliphatic heterocycles. The molecule has 2 aromatic heterocycles. The summed E-state index contributed by atoms with van der Waals surface area (Å²) in [5.41, 5.74) is 1.72. The molecule has 20 heavy (non-hydrogen) atoms. The number of carbonyl (C=O) groups excluding carboxylic acids is 2. The first kappa shape index (κ1) is 14.3. The van der Waals surface area contributed by atoms with Gasteiger partial charge < -0.3 is 9.14 Å². The summed E-state index contributed by atoms with van der Waals surface area (Å²) in [6.45, 7) is 4.14. The Bertz CT molecular complexity index is 628. The summed E-state index contributed by atoms with van der Waals surface area (Å²) < 4.78 is 6.81. The van der Waals surface area contributed by atoms with Crippen LogP contribution in [0.1, 0.15) is 54.0 Å². The van der Waals surface area contributed by atoms with Gasteiger partial charge in [0.15, 0.2) is 5.78 Å². The number of nitrogens with zero attached hydrogens (tertiary/aromatic N) is 1. The van der Waals surface area contributed by atoms with Crippen LogP contribution in [0.2, 0.25) is 0 Å². The lowest BCUT2D eigenvalue weighted by Gasteiger charge is -2.01. The number of pyridine rings is 1. The number of ketones is 1. The number of rotatable bonds is 6. The van der Waals surface area contributed by atoms with Crippen LogP contribution in [0.4, 0.5) is 0 Å². The number of ether oxygens (including phenoxy) is 1. The van der Waals surface area contributed by atoms with E-state index in [1.165, 1.54) is 0 Å². The minimum Gasteiger partial charge on any atom is -0.462 e. The number of unbranched alkanes of at least 4 members (excludes halogenated alkanes) is 1. The number of hydrogen-bond donors (Lipinski definition) is 0. The lowest BCUT2D eigenvalue weighted by atomic mass is 10.1. The predicted octanol–water partition coefficient (Wildman–Crippen LogP) is 3.49. The number of Topliss-reactive ketones (excluding diaryl/α,β-unsaturated/α-hetero) is 1. The van der Waals surface area contributed by atoms with E-state index in [1.54, 1.807) is 23.6 Å². The van der Waals surface area contributed by atoms with Crippen molar-refractivity contribution in [3.8, 4) is 0 Å². The summed E-state index contributed by atoms with van der Waals surface area (Å²) in [6.07, 6.45) is 4.13. The number of fused-ring (bicyclic) bond motifs is 1. The van der Waals surface area contributed by atoms with Gasteiger partial charge in [-0.2, -0.15) is 0 Å². The largest absolute Gasteiger partial charge is 0.462 e. The Labute approximate surface area is 118 Å². The molecule has 0 saturated heterocycles. The van der Waals surface area contributed by atoms with Gasteiger partial charge in [0, 0.05) is 12.6 Å². The number of carbonyl (C=O) groups is 2. The second-order valence-corrected chi connectivity index (χ2v) is 4.65. The molecule has 2 heterocycles. The van der Waals surface area contributed by atoms with E-state index in [2.05, 4.69) is 0 Å². The predicted molar refractivity (Wildman–Crippen MR) is 77.2 cm³/mol. The Balaban J connectivity index is 2.45. The second-order valence-electron chi connectivity index (χ2n) is 4.65. The van der Waals surface area contributed by atoms with Gasteiger partial charge in [-0.3, -0.25) is 4.79 Å². The Morgan fingerprint density at radius 3 is 2.75 bits per heavy atom. The van der Waals surface area contributed by atoms with Crippen LogP contribution in [0.3, 0.4) is 0 Å². The Hall–Kier alpha value is -2.10. The summed E-state index contributed by atoms with van der Waals surface area (Å²) in [5, 5.41) is 0. The fourth-order valence-electron chi connectivity index (χ4n) is 2.21. The zero-order valence-corrected chi connectivity index (χ0v) is 11.9. The maximum atomic E-state index is 12.2. The van der Waals surface area contributed by atoms with E-state index in [4.69, 9.17) is 4.74 Å². The van der Waals surface area contributed by atoms with E-state index < -0.39 is 0 Å². The zero-order chi connectivity index (χ0) is 14.5. The Kier molecular flexibility index (Phi) is 4.56. The third-order valence-electron chi connectivity index (χ3n) is 3.21. The molecule has 106 valence electrons. The summed E-state index contributed by atoms with van der Waals surface area (Å²) in [5.74, 6) is -0.325. The van der Waals surface area contributed by atoms with Gasteiger partial charge in [0.1, 0.15) is 0 Å². The normalized spacial score (nSPS) is 10.7. The van der Waals surface area contributed by atoms with E-state index in [0.29, 0.717) is 29.8 Å². The maximum Gasteiger partial charge on any atom is 0.340 e. The summed E-state index contributed by atoms with van der Waals surface area (Å²) in [4.78, 5) is 24.2. The van der Waals surface area contributed by atoms with Crippen molar-refractivity contribution in [2.24, 2.45) is 0 Å². The molecular weight excluding hydrogens is 254 g/mol. The fourth-order valence-corrected chi connectivity index (χ4v) is 2.21. The number of esters is 1. The molecular formula is C16H19NO3. The monoisotopic (exact) mass is 273 g/mol. The van der Waals surface area contributed by atoms with Crippen LogP contribution >= 0.6 is 0 Å². The van der Waals surface area contributed by atoms with E-state index in [9.17, 15) is 9.59 Å². The van der Waals surface area contributed by atoms with Crippen LogP contribution in [0.25, 0.3) is 5.52 Å². The molecule has 0 unspecified atom stereocenters. The van der Waals surface area contributed by atoms with Gasteiger partial charge in [-0.25, -0.2) is 4.79 Å². The zero-order valence-electron chi connectivity index (χ0n) is 11.9. The van der Waals surface area contributed by atoms with Crippen molar-refractivity contribution in [2.45, 2.75) is 33.1 Å². The van der Waals surface area contributed by atoms with Crippen molar-refractivity contribution in [1.29, 1.82) is 0 Å². The van der Waals surface area contributed by atoms with Gasteiger partial charge in [0.25, 0.3) is 0 Å². The molecule has 0 spiro atoms. The molecule has 0 aliphatic rings. The topological polar surface area (TPSA) is 47.8 Å². The van der Waals surface area contributed by atoms with E-state index in [0.717, 1.165) is 12.8 Å². The molecule has 0 aromatic carbocycles. The smallest absolute Gasteiger partial charge is 0.340 e. The first-order valence-electron chi connectivity index (χ1n) is 6.99. The van der Waals surface area contributed by atoms with Crippen molar-refractivity contribution in [3.05, 3.63) is 41.7 Å². The lowest BCUT2D eigenvalue weighted by molar-refractivity contribution is 0.0529. The quantitative estimate of drug-likeness (QED) is 0.598. The molecule has 2 rings (SSSR count). The molecule has 0 amide bonds. The fraction of sp³-hybridized carbons (Fsp3) is 0.375. The number of hydrogen-bond acceptors (Lipinski definition) is 3. The Morgan fingerprint density at radius 1 is 1.25 bits per heavy atom. The Morgan fingerprint density at radius 2 is 2.05 bits per heavy atom. The van der Waals surface area contributed by atoms with Gasteiger partial charge in [-0.1, -0.05) is 19.4 Å². The van der Waals surface area contributed by atoms with Crippen LogP contribution in [-0.2, 0) is 4.74 Å². The van der Waals surface area contributed by atoms with Gasteiger partial charge in [-0.05, 0) is 31.5 Å². The first-order valence-corrected chi connectivity index (χ1v) is 6.99. The lowest BCUT2D eigenvalue weighted by Crippen LogP contribution is -2.03. The van der Waals surface area contributed by atoms with Gasteiger partial charge in [0.2, 0.25) is 0 Å². The van der Waals surface area contributed by atoms with Gasteiger partial charge in [-0.15, -0.1) is 0 Å². The van der Waals surface area contributed by atoms with Crippen LogP contribution < -0.4 is 0 Å². The van der Waals surface area contributed by atoms with E-state index in [-0.39, 0.29) is 11.8 Å². The standard InChI is InChI=1S/C16H19NO3/c1-3-5-9-15(18)14-11-12(16(19)20-4-2)13-8-6-7-10-17(13)14/h6-8,10-11H,3-5,9H2,1-2H3. The molecule has 0 radical (unpaired) electrons. The molecule has 0 aliphatic carbocycles. The average Bonchev–Trinajstić information content (AvgIpc) is 2.85. The van der Waals surface area contributed by atoms with Crippen LogP contribution in [0, 0.1) is 0 Å². The molecule has 0 bridgehead atoms. The molecule has 2 aromatic rings. The highest BCUT2D eigenvalue weighted by molar-refractivity contribution is 6.03. The van der Waals surface area contributed by atoms with Crippen molar-refractivity contribution < 1.29 is 14.3 Å². The van der Waals surface area contributed by atoms with Crippen LogP contribution in [0.5, 0.6) is 0 Å². The molecule has 4 nitrogen and oxygen atoms in total. The number of aromatic nitrogens is 1. The highest BCUT2D eigenvalue weighted by atomic mass is 16.5. The van der Waals surface area contributed by atoms with Crippen molar-refractivity contribution in [3.63, 3.8) is 0 Å². The molecule has 0 saturated carbocycles. The minimum atomic E-state index is -0.384. The molecule has 0 fully saturated rings. The average molecular weight is 273 g/mol.